The smallest absolute Gasteiger partial charge is 0.0886 e. The van der Waals surface area contributed by atoms with Crippen molar-refractivity contribution in [1.29, 1.82) is 0 Å². The summed E-state index contributed by atoms with van der Waals surface area (Å²) in [5, 5.41) is 2.49. The lowest BCUT2D eigenvalue weighted by Crippen LogP contribution is -2.20. The topological polar surface area (TPSA) is 9.23 Å². The Kier molecular flexibility index (Phi) is 3.97. The molecule has 0 saturated heterocycles. The van der Waals surface area contributed by atoms with Gasteiger partial charge in [0.1, 0.15) is 0 Å². The summed E-state index contributed by atoms with van der Waals surface area (Å²) >= 11 is 0. The standard InChI is InChI=1S/C24H24O/c1-4-17-10-7-14-21-19(11-8-13-20(17)21)16-25-23-22-12-6-5-9-18(22)15-24(23,2)3/h4-14,23H,1,15-16H2,2-3H3. The fraction of sp³-hybridized carbons (Fsp3) is 0.250. The van der Waals surface area contributed by atoms with E-state index in [2.05, 4.69) is 81.1 Å². The zero-order valence-electron chi connectivity index (χ0n) is 15.0. The third-order valence-corrected chi connectivity index (χ3v) is 5.36. The SMILES string of the molecule is C=Cc1cccc2c(COC3c4ccccc4CC3(C)C)cccc12. The first-order chi connectivity index (χ1) is 12.1. The zero-order valence-corrected chi connectivity index (χ0v) is 15.0. The van der Waals surface area contributed by atoms with Crippen LogP contribution >= 0.6 is 0 Å². The second-order valence-corrected chi connectivity index (χ2v) is 7.62. The van der Waals surface area contributed by atoms with Crippen LogP contribution in [0.2, 0.25) is 0 Å². The van der Waals surface area contributed by atoms with Crippen molar-refractivity contribution in [2.75, 3.05) is 0 Å². The summed E-state index contributed by atoms with van der Waals surface area (Å²) in [6.45, 7) is 9.16. The van der Waals surface area contributed by atoms with E-state index < -0.39 is 0 Å². The van der Waals surface area contributed by atoms with E-state index in [1.165, 1.54) is 33.0 Å². The summed E-state index contributed by atoms with van der Waals surface area (Å²) in [5.41, 5.74) is 5.30. The van der Waals surface area contributed by atoms with E-state index in [4.69, 9.17) is 4.74 Å². The van der Waals surface area contributed by atoms with Crippen molar-refractivity contribution >= 4 is 16.8 Å². The maximum atomic E-state index is 6.49. The monoisotopic (exact) mass is 328 g/mol. The minimum absolute atomic E-state index is 0.126. The molecule has 0 fully saturated rings. The van der Waals surface area contributed by atoms with E-state index in [1.54, 1.807) is 0 Å². The molecule has 0 aliphatic heterocycles. The van der Waals surface area contributed by atoms with Crippen LogP contribution < -0.4 is 0 Å². The van der Waals surface area contributed by atoms with Crippen molar-refractivity contribution in [3.63, 3.8) is 0 Å². The minimum atomic E-state index is 0.126. The zero-order chi connectivity index (χ0) is 17.4. The van der Waals surface area contributed by atoms with Crippen LogP contribution in [0, 0.1) is 5.41 Å². The molecule has 0 amide bonds. The van der Waals surface area contributed by atoms with Crippen LogP contribution in [-0.4, -0.2) is 0 Å². The molecule has 0 bridgehead atoms. The van der Waals surface area contributed by atoms with E-state index in [9.17, 15) is 0 Å². The molecule has 0 radical (unpaired) electrons. The predicted octanol–water partition coefficient (Wildman–Crippen LogP) is 6.32. The average Bonchev–Trinajstić information content (AvgIpc) is 2.88. The number of rotatable bonds is 4. The van der Waals surface area contributed by atoms with Gasteiger partial charge in [0, 0.05) is 0 Å². The highest BCUT2D eigenvalue weighted by Gasteiger charge is 2.39. The summed E-state index contributed by atoms with van der Waals surface area (Å²) in [6.07, 6.45) is 3.13. The van der Waals surface area contributed by atoms with Crippen molar-refractivity contribution in [2.24, 2.45) is 5.41 Å². The lowest BCUT2D eigenvalue weighted by molar-refractivity contribution is -0.0264. The molecule has 0 heterocycles. The minimum Gasteiger partial charge on any atom is -0.368 e. The molecule has 25 heavy (non-hydrogen) atoms. The predicted molar refractivity (Wildman–Crippen MR) is 105 cm³/mol. The lowest BCUT2D eigenvalue weighted by Gasteiger charge is -2.28. The summed E-state index contributed by atoms with van der Waals surface area (Å²) in [6, 6.07) is 21.5. The van der Waals surface area contributed by atoms with Crippen molar-refractivity contribution in [1.82, 2.24) is 0 Å². The first-order valence-corrected chi connectivity index (χ1v) is 8.92. The van der Waals surface area contributed by atoms with Crippen LogP contribution in [-0.2, 0) is 17.8 Å². The molecule has 1 heteroatoms. The molecule has 1 atom stereocenters. The fourth-order valence-corrected chi connectivity index (χ4v) is 4.15. The summed E-state index contributed by atoms with van der Waals surface area (Å²) in [7, 11) is 0. The highest BCUT2D eigenvalue weighted by Crippen LogP contribution is 2.47. The molecule has 0 aromatic heterocycles. The van der Waals surface area contributed by atoms with Crippen LogP contribution in [0.15, 0.2) is 67.2 Å². The molecule has 1 nitrogen and oxygen atoms in total. The van der Waals surface area contributed by atoms with Gasteiger partial charge in [-0.15, -0.1) is 0 Å². The van der Waals surface area contributed by atoms with E-state index in [0.717, 1.165) is 6.42 Å². The van der Waals surface area contributed by atoms with Gasteiger partial charge in [-0.1, -0.05) is 87.2 Å². The van der Waals surface area contributed by atoms with Gasteiger partial charge in [-0.25, -0.2) is 0 Å². The molecule has 0 N–H and O–H groups in total. The maximum Gasteiger partial charge on any atom is 0.0886 e. The number of fused-ring (bicyclic) bond motifs is 2. The number of hydrogen-bond acceptors (Lipinski definition) is 1. The third-order valence-electron chi connectivity index (χ3n) is 5.36. The van der Waals surface area contributed by atoms with Crippen LogP contribution in [0.4, 0.5) is 0 Å². The van der Waals surface area contributed by atoms with Crippen molar-refractivity contribution < 1.29 is 4.74 Å². The molecule has 1 unspecified atom stereocenters. The Balaban J connectivity index is 1.66. The molecule has 4 rings (SSSR count). The van der Waals surface area contributed by atoms with E-state index in [1.807, 2.05) is 6.08 Å². The van der Waals surface area contributed by atoms with Gasteiger partial charge in [-0.05, 0) is 44.9 Å². The second-order valence-electron chi connectivity index (χ2n) is 7.62. The highest BCUT2D eigenvalue weighted by molar-refractivity contribution is 5.92. The van der Waals surface area contributed by atoms with Crippen LogP contribution in [0.3, 0.4) is 0 Å². The van der Waals surface area contributed by atoms with Gasteiger partial charge in [0.25, 0.3) is 0 Å². The normalized spacial score (nSPS) is 18.2. The van der Waals surface area contributed by atoms with E-state index in [-0.39, 0.29) is 11.5 Å². The lowest BCUT2D eigenvalue weighted by atomic mass is 9.87. The first kappa shape index (κ1) is 16.1. The Bertz CT molecular complexity index is 936. The highest BCUT2D eigenvalue weighted by atomic mass is 16.5. The summed E-state index contributed by atoms with van der Waals surface area (Å²) in [4.78, 5) is 0. The molecule has 1 aliphatic carbocycles. The Morgan fingerprint density at radius 2 is 1.76 bits per heavy atom. The third kappa shape index (κ3) is 2.79. The van der Waals surface area contributed by atoms with Crippen LogP contribution in [0.1, 0.15) is 42.2 Å². The second kappa shape index (κ2) is 6.16. The Morgan fingerprint density at radius 3 is 2.60 bits per heavy atom. The van der Waals surface area contributed by atoms with E-state index >= 15 is 0 Å². The van der Waals surface area contributed by atoms with E-state index in [0.29, 0.717) is 6.61 Å². The fourth-order valence-electron chi connectivity index (χ4n) is 4.15. The quantitative estimate of drug-likeness (QED) is 0.544. The number of benzene rings is 3. The molecule has 3 aromatic carbocycles. The molecule has 0 spiro atoms. The van der Waals surface area contributed by atoms with Gasteiger partial charge in [-0.3, -0.25) is 0 Å². The molecular weight excluding hydrogens is 304 g/mol. The Labute approximate surface area is 150 Å². The summed E-state index contributed by atoms with van der Waals surface area (Å²) < 4.78 is 6.49. The number of ether oxygens (including phenoxy) is 1. The molecule has 126 valence electrons. The molecular formula is C24H24O. The first-order valence-electron chi connectivity index (χ1n) is 8.92. The van der Waals surface area contributed by atoms with Gasteiger partial charge in [0.05, 0.1) is 12.7 Å². The molecule has 3 aromatic rings. The molecule has 0 saturated carbocycles. The van der Waals surface area contributed by atoms with Gasteiger partial charge < -0.3 is 4.74 Å². The van der Waals surface area contributed by atoms with Gasteiger partial charge in [-0.2, -0.15) is 0 Å². The molecule has 1 aliphatic rings. The van der Waals surface area contributed by atoms with Gasteiger partial charge >= 0.3 is 0 Å². The largest absolute Gasteiger partial charge is 0.368 e. The Morgan fingerprint density at radius 1 is 1.00 bits per heavy atom. The Hall–Kier alpha value is -2.38. The summed E-state index contributed by atoms with van der Waals surface area (Å²) in [5.74, 6) is 0. The number of hydrogen-bond donors (Lipinski definition) is 0. The van der Waals surface area contributed by atoms with Crippen LogP contribution in [0.5, 0.6) is 0 Å². The van der Waals surface area contributed by atoms with Crippen molar-refractivity contribution in [2.45, 2.75) is 33.0 Å². The average molecular weight is 328 g/mol. The van der Waals surface area contributed by atoms with Crippen molar-refractivity contribution in [3.05, 3.63) is 89.5 Å². The van der Waals surface area contributed by atoms with Crippen molar-refractivity contribution in [3.8, 4) is 0 Å². The van der Waals surface area contributed by atoms with Gasteiger partial charge in [0.15, 0.2) is 0 Å². The van der Waals surface area contributed by atoms with Gasteiger partial charge in [0.2, 0.25) is 0 Å². The van der Waals surface area contributed by atoms with Crippen LogP contribution in [0.25, 0.3) is 16.8 Å². The maximum absolute atomic E-state index is 6.49.